The molecule has 1 rings (SSSR count). The quantitative estimate of drug-likeness (QED) is 0.635. The molecule has 1 aromatic carbocycles. The molecule has 2 N–H and O–H groups in total. The van der Waals surface area contributed by atoms with Gasteiger partial charge in [0.25, 0.3) is 0 Å². The number of ether oxygens (including phenoxy) is 2. The zero-order chi connectivity index (χ0) is 19.7. The smallest absolute Gasteiger partial charge is 0.407 e. The summed E-state index contributed by atoms with van der Waals surface area (Å²) in [5.41, 5.74) is 0.812. The molecule has 2 atom stereocenters. The van der Waals surface area contributed by atoms with Crippen LogP contribution in [0.5, 0.6) is 0 Å². The Morgan fingerprint density at radius 2 is 1.81 bits per heavy atom. The van der Waals surface area contributed by atoms with Crippen molar-refractivity contribution in [2.75, 3.05) is 13.7 Å². The van der Waals surface area contributed by atoms with E-state index in [-0.39, 0.29) is 36.5 Å². The van der Waals surface area contributed by atoms with Crippen LogP contribution in [-0.2, 0) is 14.3 Å². The molecular formula is C19H29ClN2O4. The average molecular weight is 385 g/mol. The summed E-state index contributed by atoms with van der Waals surface area (Å²) < 4.78 is 9.94. The van der Waals surface area contributed by atoms with E-state index in [0.29, 0.717) is 11.6 Å². The van der Waals surface area contributed by atoms with Crippen molar-refractivity contribution in [2.45, 2.75) is 52.3 Å². The van der Waals surface area contributed by atoms with Gasteiger partial charge in [-0.05, 0) is 31.4 Å². The van der Waals surface area contributed by atoms with Crippen molar-refractivity contribution in [3.63, 3.8) is 0 Å². The largest absolute Gasteiger partial charge is 0.469 e. The van der Waals surface area contributed by atoms with E-state index in [2.05, 4.69) is 10.6 Å². The number of halogens is 1. The monoisotopic (exact) mass is 384 g/mol. The number of rotatable bonds is 9. The van der Waals surface area contributed by atoms with Crippen LogP contribution in [0, 0.1) is 5.92 Å². The van der Waals surface area contributed by atoms with Gasteiger partial charge in [-0.25, -0.2) is 4.79 Å². The lowest BCUT2D eigenvalue weighted by molar-refractivity contribution is -0.141. The van der Waals surface area contributed by atoms with Crippen LogP contribution in [0.2, 0.25) is 5.02 Å². The van der Waals surface area contributed by atoms with Crippen LogP contribution in [0.4, 0.5) is 4.79 Å². The molecule has 146 valence electrons. The van der Waals surface area contributed by atoms with Crippen molar-refractivity contribution in [1.29, 1.82) is 0 Å². The van der Waals surface area contributed by atoms with Gasteiger partial charge < -0.3 is 20.1 Å². The molecule has 0 aliphatic rings. The van der Waals surface area contributed by atoms with Gasteiger partial charge >= 0.3 is 12.1 Å². The number of nitrogens with one attached hydrogen (secondary N) is 2. The van der Waals surface area contributed by atoms with Crippen molar-refractivity contribution in [1.82, 2.24) is 10.6 Å². The van der Waals surface area contributed by atoms with Gasteiger partial charge in [0, 0.05) is 23.7 Å². The normalized spacial score (nSPS) is 13.4. The lowest BCUT2D eigenvalue weighted by Crippen LogP contribution is -2.46. The Morgan fingerprint density at radius 1 is 1.15 bits per heavy atom. The molecule has 0 heterocycles. The van der Waals surface area contributed by atoms with E-state index < -0.39 is 6.09 Å². The maximum atomic E-state index is 11.9. The number of hydrogen-bond donors (Lipinski definition) is 2. The van der Waals surface area contributed by atoms with Gasteiger partial charge in [0.2, 0.25) is 0 Å². The molecule has 0 aliphatic carbocycles. The van der Waals surface area contributed by atoms with Gasteiger partial charge in [0.05, 0.1) is 19.6 Å². The molecule has 0 aromatic heterocycles. The van der Waals surface area contributed by atoms with Crippen LogP contribution in [-0.4, -0.2) is 37.9 Å². The molecule has 7 heteroatoms. The topological polar surface area (TPSA) is 76.7 Å². The van der Waals surface area contributed by atoms with E-state index in [0.717, 1.165) is 5.56 Å². The van der Waals surface area contributed by atoms with Crippen LogP contribution < -0.4 is 10.6 Å². The standard InChI is InChI=1S/C19H29ClN2O4/c1-12(2)17(22-19(24)26-13(3)4)11-21-16(10-18(23)25-5)14-8-6-7-9-15(14)20/h6-9,12-13,16-17,21H,10-11H2,1-5H3,(H,22,24). The number of hydrogen-bond acceptors (Lipinski definition) is 5. The summed E-state index contributed by atoms with van der Waals surface area (Å²) in [6.45, 7) is 8.06. The highest BCUT2D eigenvalue weighted by Crippen LogP contribution is 2.25. The minimum absolute atomic E-state index is 0.140. The van der Waals surface area contributed by atoms with Crippen molar-refractivity contribution in [2.24, 2.45) is 5.92 Å². The first-order valence-corrected chi connectivity index (χ1v) is 9.14. The number of alkyl carbamates (subject to hydrolysis) is 1. The molecule has 1 aromatic rings. The Bertz CT molecular complexity index is 593. The van der Waals surface area contributed by atoms with Gasteiger partial charge in [-0.1, -0.05) is 43.6 Å². The molecule has 26 heavy (non-hydrogen) atoms. The van der Waals surface area contributed by atoms with Crippen LogP contribution in [0.1, 0.15) is 45.7 Å². The van der Waals surface area contributed by atoms with Crippen LogP contribution >= 0.6 is 11.6 Å². The average Bonchev–Trinajstić information content (AvgIpc) is 2.56. The van der Waals surface area contributed by atoms with Gasteiger partial charge in [-0.3, -0.25) is 4.79 Å². The van der Waals surface area contributed by atoms with Gasteiger partial charge in [-0.15, -0.1) is 0 Å². The summed E-state index contributed by atoms with van der Waals surface area (Å²) in [5, 5.41) is 6.76. The van der Waals surface area contributed by atoms with Crippen molar-refractivity contribution < 1.29 is 19.1 Å². The summed E-state index contributed by atoms with van der Waals surface area (Å²) in [5.74, 6) is -0.164. The van der Waals surface area contributed by atoms with Gasteiger partial charge in [0.1, 0.15) is 0 Å². The van der Waals surface area contributed by atoms with E-state index in [9.17, 15) is 9.59 Å². The Hall–Kier alpha value is -1.79. The van der Waals surface area contributed by atoms with Crippen LogP contribution in [0.15, 0.2) is 24.3 Å². The molecule has 0 saturated heterocycles. The number of methoxy groups -OCH3 is 1. The molecular weight excluding hydrogens is 356 g/mol. The van der Waals surface area contributed by atoms with Crippen LogP contribution in [0.25, 0.3) is 0 Å². The first-order chi connectivity index (χ1) is 12.2. The minimum Gasteiger partial charge on any atom is -0.469 e. The molecule has 0 saturated carbocycles. The molecule has 1 amide bonds. The summed E-state index contributed by atoms with van der Waals surface area (Å²) in [4.78, 5) is 23.7. The van der Waals surface area contributed by atoms with E-state index in [1.54, 1.807) is 19.9 Å². The summed E-state index contributed by atoms with van der Waals surface area (Å²) >= 11 is 6.28. The molecule has 2 unspecified atom stereocenters. The van der Waals surface area contributed by atoms with Gasteiger partial charge in [0.15, 0.2) is 0 Å². The molecule has 0 radical (unpaired) electrons. The Balaban J connectivity index is 2.83. The fraction of sp³-hybridized carbons (Fsp3) is 0.579. The second kappa shape index (κ2) is 11.0. The number of benzene rings is 1. The highest BCUT2D eigenvalue weighted by Gasteiger charge is 2.23. The van der Waals surface area contributed by atoms with Crippen molar-refractivity contribution >= 4 is 23.7 Å². The van der Waals surface area contributed by atoms with E-state index in [1.807, 2.05) is 32.0 Å². The first kappa shape index (κ1) is 22.3. The molecule has 0 bridgehead atoms. The highest BCUT2D eigenvalue weighted by molar-refractivity contribution is 6.31. The number of carbonyl (C=O) groups excluding carboxylic acids is 2. The Kier molecular flexibility index (Phi) is 9.44. The zero-order valence-electron chi connectivity index (χ0n) is 16.0. The fourth-order valence-corrected chi connectivity index (χ4v) is 2.69. The molecule has 6 nitrogen and oxygen atoms in total. The highest BCUT2D eigenvalue weighted by atomic mass is 35.5. The van der Waals surface area contributed by atoms with E-state index in [1.165, 1.54) is 7.11 Å². The fourth-order valence-electron chi connectivity index (χ4n) is 2.42. The predicted molar refractivity (Wildman–Crippen MR) is 102 cm³/mol. The molecule has 0 spiro atoms. The third-order valence-corrected chi connectivity index (χ3v) is 4.26. The number of esters is 1. The lowest BCUT2D eigenvalue weighted by Gasteiger charge is -2.26. The third-order valence-electron chi connectivity index (χ3n) is 3.91. The number of amides is 1. The summed E-state index contributed by atoms with van der Waals surface area (Å²) in [6.07, 6.45) is -0.504. The SMILES string of the molecule is COC(=O)CC(NCC(NC(=O)OC(C)C)C(C)C)c1ccccc1Cl. The van der Waals surface area contributed by atoms with Crippen molar-refractivity contribution in [3.8, 4) is 0 Å². The summed E-state index contributed by atoms with van der Waals surface area (Å²) in [6, 6.07) is 6.87. The third kappa shape index (κ3) is 7.62. The first-order valence-electron chi connectivity index (χ1n) is 8.76. The van der Waals surface area contributed by atoms with Crippen LogP contribution in [0.3, 0.4) is 0 Å². The van der Waals surface area contributed by atoms with Crippen molar-refractivity contribution in [3.05, 3.63) is 34.9 Å². The second-order valence-electron chi connectivity index (χ2n) is 6.71. The number of carbonyl (C=O) groups is 2. The maximum Gasteiger partial charge on any atom is 0.407 e. The van der Waals surface area contributed by atoms with Gasteiger partial charge in [-0.2, -0.15) is 0 Å². The minimum atomic E-state index is -0.456. The predicted octanol–water partition coefficient (Wildman–Crippen LogP) is 3.69. The second-order valence-corrected chi connectivity index (χ2v) is 7.12. The summed E-state index contributed by atoms with van der Waals surface area (Å²) in [7, 11) is 1.35. The Labute approximate surface area is 160 Å². The lowest BCUT2D eigenvalue weighted by atomic mass is 10.0. The zero-order valence-corrected chi connectivity index (χ0v) is 16.8. The maximum absolute atomic E-state index is 11.9. The van der Waals surface area contributed by atoms with E-state index in [4.69, 9.17) is 21.1 Å². The van der Waals surface area contributed by atoms with E-state index >= 15 is 0 Å². The molecule has 0 fully saturated rings. The Morgan fingerprint density at radius 3 is 2.35 bits per heavy atom. The molecule has 0 aliphatic heterocycles.